The summed E-state index contributed by atoms with van der Waals surface area (Å²) < 4.78 is 10.4. The largest absolute Gasteiger partial charge is 0.497 e. The Morgan fingerprint density at radius 1 is 1.07 bits per heavy atom. The van der Waals surface area contributed by atoms with Crippen LogP contribution >= 0.6 is 0 Å². The van der Waals surface area contributed by atoms with E-state index in [1.54, 1.807) is 14.0 Å². The number of esters is 1. The highest BCUT2D eigenvalue weighted by Crippen LogP contribution is 2.44. The van der Waals surface area contributed by atoms with E-state index in [1.165, 1.54) is 7.11 Å². The molecule has 0 bridgehead atoms. The summed E-state index contributed by atoms with van der Waals surface area (Å²) in [4.78, 5) is 28.8. The van der Waals surface area contributed by atoms with Gasteiger partial charge in [-0.1, -0.05) is 30.3 Å². The molecule has 4 rings (SSSR count). The third-order valence-corrected chi connectivity index (χ3v) is 5.05. The van der Waals surface area contributed by atoms with Gasteiger partial charge in [-0.25, -0.2) is 4.79 Å². The molecule has 1 atom stereocenters. The van der Waals surface area contributed by atoms with Crippen molar-refractivity contribution < 1.29 is 19.1 Å². The van der Waals surface area contributed by atoms with Crippen LogP contribution < -0.4 is 10.1 Å². The Labute approximate surface area is 162 Å². The van der Waals surface area contributed by atoms with Crippen LogP contribution in [0.15, 0.2) is 48.5 Å². The number of H-pyrrole nitrogens is 1. The third-order valence-electron chi connectivity index (χ3n) is 5.05. The molecule has 1 aliphatic heterocycles. The Bertz CT molecular complexity index is 1080. The third kappa shape index (κ3) is 2.74. The zero-order chi connectivity index (χ0) is 19.8. The first-order chi connectivity index (χ1) is 13.5. The maximum atomic E-state index is 12.9. The summed E-state index contributed by atoms with van der Waals surface area (Å²) in [5.41, 5.74) is 4.76. The van der Waals surface area contributed by atoms with Crippen molar-refractivity contribution in [1.29, 1.82) is 0 Å². The number of aromatic amines is 1. The highest BCUT2D eigenvalue weighted by Gasteiger charge is 2.38. The summed E-state index contributed by atoms with van der Waals surface area (Å²) in [5, 5.41) is 2.91. The van der Waals surface area contributed by atoms with E-state index in [1.807, 2.05) is 48.5 Å². The fraction of sp³-hybridized carbons (Fsp3) is 0.182. The SMILES string of the molecule is COC(=O)c1c(C)[nH]c(-c2cccc(OC)c2)c1[C@H]1C(=O)Nc2ccccc21. The number of carbonyl (C=O) groups excluding carboxylic acids is 2. The van der Waals surface area contributed by atoms with Crippen LogP contribution in [0.1, 0.15) is 33.1 Å². The lowest BCUT2D eigenvalue weighted by atomic mass is 9.87. The van der Waals surface area contributed by atoms with Crippen LogP contribution in [0.25, 0.3) is 11.3 Å². The summed E-state index contributed by atoms with van der Waals surface area (Å²) in [6.07, 6.45) is 0. The van der Waals surface area contributed by atoms with Gasteiger partial charge in [0, 0.05) is 22.5 Å². The molecule has 2 heterocycles. The number of aromatic nitrogens is 1. The zero-order valence-corrected chi connectivity index (χ0v) is 15.8. The molecule has 28 heavy (non-hydrogen) atoms. The maximum Gasteiger partial charge on any atom is 0.340 e. The molecule has 0 saturated carbocycles. The number of hydrogen-bond donors (Lipinski definition) is 2. The first-order valence-corrected chi connectivity index (χ1v) is 8.90. The number of benzene rings is 2. The van der Waals surface area contributed by atoms with Gasteiger partial charge < -0.3 is 19.8 Å². The standard InChI is InChI=1S/C22H20N2O4/c1-12-17(22(26)28-3)19(18-15-9-4-5-10-16(15)24-21(18)25)20(23-12)13-7-6-8-14(11-13)27-2/h4-11,18,23H,1-3H3,(H,24,25)/t18-/m0/s1. The van der Waals surface area contributed by atoms with Gasteiger partial charge in [0.1, 0.15) is 5.75 Å². The van der Waals surface area contributed by atoms with Gasteiger partial charge in [0.2, 0.25) is 5.91 Å². The molecule has 2 aromatic carbocycles. The molecule has 6 nitrogen and oxygen atoms in total. The molecule has 0 unspecified atom stereocenters. The molecule has 0 aliphatic carbocycles. The van der Waals surface area contributed by atoms with Crippen LogP contribution in [-0.2, 0) is 9.53 Å². The summed E-state index contributed by atoms with van der Waals surface area (Å²) >= 11 is 0. The van der Waals surface area contributed by atoms with Crippen LogP contribution in [0.5, 0.6) is 5.75 Å². The lowest BCUT2D eigenvalue weighted by Crippen LogP contribution is -2.17. The number of nitrogens with one attached hydrogen (secondary N) is 2. The molecule has 1 amide bonds. The van der Waals surface area contributed by atoms with Crippen LogP contribution in [0.4, 0.5) is 5.69 Å². The topological polar surface area (TPSA) is 80.4 Å². The predicted molar refractivity (Wildman–Crippen MR) is 106 cm³/mol. The minimum absolute atomic E-state index is 0.172. The van der Waals surface area contributed by atoms with Crippen LogP contribution in [0.3, 0.4) is 0 Å². The molecule has 142 valence electrons. The van der Waals surface area contributed by atoms with Crippen molar-refractivity contribution in [1.82, 2.24) is 4.98 Å². The lowest BCUT2D eigenvalue weighted by Gasteiger charge is -2.14. The number of methoxy groups -OCH3 is 2. The Balaban J connectivity index is 1.99. The average Bonchev–Trinajstić information content (AvgIpc) is 3.22. The van der Waals surface area contributed by atoms with Crippen LogP contribution in [-0.4, -0.2) is 31.1 Å². The molecule has 0 spiro atoms. The second kappa shape index (κ2) is 6.88. The fourth-order valence-corrected chi connectivity index (χ4v) is 3.80. The average molecular weight is 376 g/mol. The highest BCUT2D eigenvalue weighted by molar-refractivity contribution is 6.08. The number of amides is 1. The Morgan fingerprint density at radius 2 is 1.86 bits per heavy atom. The quantitative estimate of drug-likeness (QED) is 0.678. The summed E-state index contributed by atoms with van der Waals surface area (Å²) in [7, 11) is 2.94. The second-order valence-corrected chi connectivity index (χ2v) is 6.65. The van der Waals surface area contributed by atoms with Crippen LogP contribution in [0, 0.1) is 6.92 Å². The number of carbonyl (C=O) groups is 2. The number of ether oxygens (including phenoxy) is 2. The van der Waals surface area contributed by atoms with Crippen molar-refractivity contribution in [2.45, 2.75) is 12.8 Å². The molecular weight excluding hydrogens is 356 g/mol. The second-order valence-electron chi connectivity index (χ2n) is 6.65. The van der Waals surface area contributed by atoms with Crippen LogP contribution in [0.2, 0.25) is 0 Å². The van der Waals surface area contributed by atoms with Gasteiger partial charge in [-0.15, -0.1) is 0 Å². The zero-order valence-electron chi connectivity index (χ0n) is 15.8. The minimum atomic E-state index is -0.614. The number of rotatable bonds is 4. The van der Waals surface area contributed by atoms with Gasteiger partial charge in [0.05, 0.1) is 31.4 Å². The van der Waals surface area contributed by atoms with Gasteiger partial charge in [-0.3, -0.25) is 4.79 Å². The van der Waals surface area contributed by atoms with Crippen molar-refractivity contribution in [2.24, 2.45) is 0 Å². The number of anilines is 1. The predicted octanol–water partition coefficient (Wildman–Crippen LogP) is 3.87. The number of para-hydroxylation sites is 1. The van der Waals surface area contributed by atoms with Gasteiger partial charge in [-0.2, -0.15) is 0 Å². The summed E-state index contributed by atoms with van der Waals surface area (Å²) in [6.45, 7) is 1.80. The molecule has 1 aliphatic rings. The van der Waals surface area contributed by atoms with E-state index >= 15 is 0 Å². The molecule has 0 fully saturated rings. The first-order valence-electron chi connectivity index (χ1n) is 8.90. The van der Waals surface area contributed by atoms with Crippen molar-refractivity contribution in [3.05, 3.63) is 70.9 Å². The van der Waals surface area contributed by atoms with Crippen molar-refractivity contribution in [2.75, 3.05) is 19.5 Å². The summed E-state index contributed by atoms with van der Waals surface area (Å²) in [6, 6.07) is 15.0. The number of hydrogen-bond acceptors (Lipinski definition) is 4. The van der Waals surface area contributed by atoms with Gasteiger partial charge in [0.15, 0.2) is 0 Å². The van der Waals surface area contributed by atoms with Crippen molar-refractivity contribution in [3.8, 4) is 17.0 Å². The molecular formula is C22H20N2O4. The smallest absolute Gasteiger partial charge is 0.340 e. The first kappa shape index (κ1) is 17.9. The molecule has 6 heteroatoms. The van der Waals surface area contributed by atoms with E-state index in [2.05, 4.69) is 10.3 Å². The Morgan fingerprint density at radius 3 is 2.61 bits per heavy atom. The maximum absolute atomic E-state index is 12.9. The van der Waals surface area contributed by atoms with Gasteiger partial charge >= 0.3 is 5.97 Å². The van der Waals surface area contributed by atoms with E-state index in [0.717, 1.165) is 16.8 Å². The molecule has 3 aromatic rings. The lowest BCUT2D eigenvalue weighted by molar-refractivity contribution is -0.116. The number of fused-ring (bicyclic) bond motifs is 1. The fourth-order valence-electron chi connectivity index (χ4n) is 3.80. The van der Waals surface area contributed by atoms with E-state index in [9.17, 15) is 9.59 Å². The Kier molecular flexibility index (Phi) is 4.39. The molecule has 2 N–H and O–H groups in total. The van der Waals surface area contributed by atoms with E-state index in [-0.39, 0.29) is 5.91 Å². The highest BCUT2D eigenvalue weighted by atomic mass is 16.5. The number of aryl methyl sites for hydroxylation is 1. The Hall–Kier alpha value is -3.54. The monoisotopic (exact) mass is 376 g/mol. The van der Waals surface area contributed by atoms with Crippen molar-refractivity contribution in [3.63, 3.8) is 0 Å². The van der Waals surface area contributed by atoms with Gasteiger partial charge in [0.25, 0.3) is 0 Å². The van der Waals surface area contributed by atoms with E-state index < -0.39 is 11.9 Å². The summed E-state index contributed by atoms with van der Waals surface area (Å²) in [5.74, 6) is -0.576. The minimum Gasteiger partial charge on any atom is -0.497 e. The molecule has 1 aromatic heterocycles. The van der Waals surface area contributed by atoms with E-state index in [4.69, 9.17) is 9.47 Å². The van der Waals surface area contributed by atoms with Crippen molar-refractivity contribution >= 4 is 17.6 Å². The molecule has 0 radical (unpaired) electrons. The van der Waals surface area contributed by atoms with E-state index in [0.29, 0.717) is 28.3 Å². The normalized spacial score (nSPS) is 15.1. The van der Waals surface area contributed by atoms with Gasteiger partial charge in [-0.05, 0) is 30.7 Å². The molecule has 0 saturated heterocycles.